The molecular weight excluding hydrogens is 246 g/mol. The molecule has 1 atom stereocenters. The molecule has 1 saturated carbocycles. The van der Waals surface area contributed by atoms with E-state index in [1.165, 1.54) is 43.2 Å². The van der Waals surface area contributed by atoms with Gasteiger partial charge in [-0.15, -0.1) is 0 Å². The molecule has 1 unspecified atom stereocenters. The van der Waals surface area contributed by atoms with Gasteiger partial charge in [-0.1, -0.05) is 37.5 Å². The van der Waals surface area contributed by atoms with E-state index in [0.29, 0.717) is 6.04 Å². The molecule has 2 nitrogen and oxygen atoms in total. The molecule has 1 N–H and O–H groups in total. The minimum Gasteiger partial charge on any atom is -0.496 e. The van der Waals surface area contributed by atoms with Crippen LogP contribution in [0, 0.1) is 12.8 Å². The van der Waals surface area contributed by atoms with E-state index in [-0.39, 0.29) is 0 Å². The van der Waals surface area contributed by atoms with Crippen LogP contribution in [-0.2, 0) is 6.42 Å². The largest absolute Gasteiger partial charge is 0.496 e. The lowest BCUT2D eigenvalue weighted by Crippen LogP contribution is -2.35. The van der Waals surface area contributed by atoms with Crippen molar-refractivity contribution >= 4 is 0 Å². The maximum Gasteiger partial charge on any atom is 0.122 e. The SMILES string of the molecule is CCNC(CCc1cc(C)ccc1OC)C1CCCC1. The zero-order chi connectivity index (χ0) is 14.4. The van der Waals surface area contributed by atoms with Gasteiger partial charge in [-0.2, -0.15) is 0 Å². The highest BCUT2D eigenvalue weighted by atomic mass is 16.5. The zero-order valence-corrected chi connectivity index (χ0v) is 13.2. The summed E-state index contributed by atoms with van der Waals surface area (Å²) in [6.07, 6.45) is 7.98. The molecule has 0 saturated heterocycles. The monoisotopic (exact) mass is 275 g/mol. The lowest BCUT2D eigenvalue weighted by Gasteiger charge is -2.24. The van der Waals surface area contributed by atoms with Crippen molar-refractivity contribution in [2.45, 2.75) is 58.4 Å². The molecule has 0 radical (unpaired) electrons. The number of nitrogens with one attached hydrogen (secondary N) is 1. The van der Waals surface area contributed by atoms with Crippen molar-refractivity contribution in [3.8, 4) is 5.75 Å². The van der Waals surface area contributed by atoms with Gasteiger partial charge in [0.05, 0.1) is 7.11 Å². The number of ether oxygens (including phenoxy) is 1. The minimum atomic E-state index is 0.674. The fourth-order valence-corrected chi connectivity index (χ4v) is 3.54. The standard InChI is InChI=1S/C18H29NO/c1-4-19-17(15-7-5-6-8-15)11-10-16-13-14(2)9-12-18(16)20-3/h9,12-13,15,17,19H,4-8,10-11H2,1-3H3. The third-order valence-corrected chi connectivity index (χ3v) is 4.60. The van der Waals surface area contributed by atoms with Gasteiger partial charge in [0.1, 0.15) is 5.75 Å². The fraction of sp³-hybridized carbons (Fsp3) is 0.667. The predicted octanol–water partition coefficient (Wildman–Crippen LogP) is 4.10. The Hall–Kier alpha value is -1.02. The van der Waals surface area contributed by atoms with Crippen LogP contribution in [0.15, 0.2) is 18.2 Å². The maximum absolute atomic E-state index is 5.50. The van der Waals surface area contributed by atoms with E-state index in [0.717, 1.165) is 24.6 Å². The van der Waals surface area contributed by atoms with Crippen LogP contribution in [0.5, 0.6) is 5.75 Å². The van der Waals surface area contributed by atoms with Crippen LogP contribution in [0.25, 0.3) is 0 Å². The molecule has 0 heterocycles. The molecule has 1 aliphatic carbocycles. The first-order chi connectivity index (χ1) is 9.74. The van der Waals surface area contributed by atoms with Crippen molar-refractivity contribution in [3.63, 3.8) is 0 Å². The Morgan fingerprint density at radius 3 is 2.70 bits per heavy atom. The van der Waals surface area contributed by atoms with E-state index in [1.54, 1.807) is 7.11 Å². The first kappa shape index (κ1) is 15.4. The van der Waals surface area contributed by atoms with Gasteiger partial charge in [0.25, 0.3) is 0 Å². The molecule has 112 valence electrons. The number of hydrogen-bond acceptors (Lipinski definition) is 2. The topological polar surface area (TPSA) is 21.3 Å². The molecule has 1 aromatic rings. The van der Waals surface area contributed by atoms with Crippen molar-refractivity contribution in [3.05, 3.63) is 29.3 Å². The molecule has 0 aromatic heterocycles. The van der Waals surface area contributed by atoms with Crippen LogP contribution in [0.3, 0.4) is 0 Å². The van der Waals surface area contributed by atoms with Gasteiger partial charge in [0, 0.05) is 6.04 Å². The zero-order valence-electron chi connectivity index (χ0n) is 13.2. The van der Waals surface area contributed by atoms with E-state index in [4.69, 9.17) is 4.74 Å². The average molecular weight is 275 g/mol. The van der Waals surface area contributed by atoms with Crippen molar-refractivity contribution < 1.29 is 4.74 Å². The quantitative estimate of drug-likeness (QED) is 0.808. The van der Waals surface area contributed by atoms with E-state index in [2.05, 4.69) is 37.4 Å². The Kier molecular flexibility index (Phi) is 5.90. The Labute approximate surface area is 123 Å². The molecular formula is C18H29NO. The highest BCUT2D eigenvalue weighted by molar-refractivity contribution is 5.37. The van der Waals surface area contributed by atoms with Crippen LogP contribution in [-0.4, -0.2) is 19.7 Å². The third kappa shape index (κ3) is 3.99. The fourth-order valence-electron chi connectivity index (χ4n) is 3.54. The number of aryl methyl sites for hydroxylation is 2. The molecule has 20 heavy (non-hydrogen) atoms. The summed E-state index contributed by atoms with van der Waals surface area (Å²) in [6.45, 7) is 5.45. The minimum absolute atomic E-state index is 0.674. The van der Waals surface area contributed by atoms with Crippen molar-refractivity contribution in [1.29, 1.82) is 0 Å². The first-order valence-corrected chi connectivity index (χ1v) is 8.11. The Balaban J connectivity index is 1.99. The van der Waals surface area contributed by atoms with Gasteiger partial charge in [-0.25, -0.2) is 0 Å². The summed E-state index contributed by atoms with van der Waals surface area (Å²) in [6, 6.07) is 7.17. The van der Waals surface area contributed by atoms with Crippen molar-refractivity contribution in [2.75, 3.05) is 13.7 Å². The Morgan fingerprint density at radius 1 is 1.30 bits per heavy atom. The summed E-state index contributed by atoms with van der Waals surface area (Å²) in [5.74, 6) is 1.92. The molecule has 1 fully saturated rings. The summed E-state index contributed by atoms with van der Waals surface area (Å²) in [4.78, 5) is 0. The second-order valence-corrected chi connectivity index (χ2v) is 6.06. The third-order valence-electron chi connectivity index (χ3n) is 4.60. The van der Waals surface area contributed by atoms with E-state index < -0.39 is 0 Å². The molecule has 1 aliphatic rings. The van der Waals surface area contributed by atoms with Gasteiger partial charge < -0.3 is 10.1 Å². The van der Waals surface area contributed by atoms with Crippen LogP contribution in [0.2, 0.25) is 0 Å². The second-order valence-electron chi connectivity index (χ2n) is 6.06. The summed E-state index contributed by atoms with van der Waals surface area (Å²) in [5, 5.41) is 3.71. The van der Waals surface area contributed by atoms with E-state index in [9.17, 15) is 0 Å². The Morgan fingerprint density at radius 2 is 2.05 bits per heavy atom. The van der Waals surface area contributed by atoms with Gasteiger partial charge in [-0.05, 0) is 56.7 Å². The van der Waals surface area contributed by atoms with Crippen LogP contribution < -0.4 is 10.1 Å². The number of benzene rings is 1. The van der Waals surface area contributed by atoms with E-state index >= 15 is 0 Å². The number of methoxy groups -OCH3 is 1. The van der Waals surface area contributed by atoms with Gasteiger partial charge >= 0.3 is 0 Å². The number of rotatable bonds is 7. The summed E-state index contributed by atoms with van der Waals surface area (Å²) in [7, 11) is 1.77. The molecule has 2 rings (SSSR count). The summed E-state index contributed by atoms with van der Waals surface area (Å²) in [5.41, 5.74) is 2.68. The predicted molar refractivity (Wildman–Crippen MR) is 85.5 cm³/mol. The van der Waals surface area contributed by atoms with Crippen LogP contribution >= 0.6 is 0 Å². The average Bonchev–Trinajstić information content (AvgIpc) is 2.97. The van der Waals surface area contributed by atoms with Crippen LogP contribution in [0.1, 0.15) is 50.2 Å². The maximum atomic E-state index is 5.50. The lowest BCUT2D eigenvalue weighted by atomic mass is 9.92. The smallest absolute Gasteiger partial charge is 0.122 e. The lowest BCUT2D eigenvalue weighted by molar-refractivity contribution is 0.343. The van der Waals surface area contributed by atoms with Gasteiger partial charge in [-0.3, -0.25) is 0 Å². The molecule has 0 spiro atoms. The van der Waals surface area contributed by atoms with Crippen LogP contribution in [0.4, 0.5) is 0 Å². The van der Waals surface area contributed by atoms with E-state index in [1.807, 2.05) is 0 Å². The van der Waals surface area contributed by atoms with Gasteiger partial charge in [0.2, 0.25) is 0 Å². The normalized spacial score (nSPS) is 17.4. The highest BCUT2D eigenvalue weighted by Crippen LogP contribution is 2.30. The van der Waals surface area contributed by atoms with Gasteiger partial charge in [0.15, 0.2) is 0 Å². The number of hydrogen-bond donors (Lipinski definition) is 1. The molecule has 1 aromatic carbocycles. The molecule has 0 bridgehead atoms. The van der Waals surface area contributed by atoms with Crippen molar-refractivity contribution in [1.82, 2.24) is 5.32 Å². The molecule has 2 heteroatoms. The second kappa shape index (κ2) is 7.68. The van der Waals surface area contributed by atoms with Crippen molar-refractivity contribution in [2.24, 2.45) is 5.92 Å². The first-order valence-electron chi connectivity index (χ1n) is 8.11. The molecule has 0 amide bonds. The Bertz CT molecular complexity index is 410. The summed E-state index contributed by atoms with van der Waals surface area (Å²) < 4.78 is 5.50. The molecule has 0 aliphatic heterocycles. The highest BCUT2D eigenvalue weighted by Gasteiger charge is 2.24. The summed E-state index contributed by atoms with van der Waals surface area (Å²) >= 11 is 0.